The van der Waals surface area contributed by atoms with Crippen molar-refractivity contribution in [2.45, 2.75) is 13.8 Å². The smallest absolute Gasteiger partial charge is 0.359 e. The number of ether oxygens (including phenoxy) is 1. The van der Waals surface area contributed by atoms with E-state index in [9.17, 15) is 4.79 Å². The van der Waals surface area contributed by atoms with Gasteiger partial charge in [-0.05, 0) is 26.0 Å². The van der Waals surface area contributed by atoms with Crippen molar-refractivity contribution in [3.05, 3.63) is 35.8 Å². The monoisotopic (exact) mass is 246 g/mol. The number of anilines is 1. The lowest BCUT2D eigenvalue weighted by atomic mass is 10.2. The Morgan fingerprint density at radius 3 is 2.72 bits per heavy atom. The van der Waals surface area contributed by atoms with Crippen LogP contribution in [-0.2, 0) is 4.74 Å². The molecule has 2 N–H and O–H groups in total. The number of hydrogen-bond donors (Lipinski definition) is 1. The van der Waals surface area contributed by atoms with E-state index in [0.717, 1.165) is 5.69 Å². The molecule has 0 radical (unpaired) electrons. The Morgan fingerprint density at radius 1 is 1.44 bits per heavy atom. The van der Waals surface area contributed by atoms with Gasteiger partial charge in [-0.1, -0.05) is 0 Å². The summed E-state index contributed by atoms with van der Waals surface area (Å²) in [5.74, 6) is -0.0428. The number of esters is 1. The highest BCUT2D eigenvalue weighted by molar-refractivity contribution is 5.90. The molecular formula is C12H14N4O2. The maximum absolute atomic E-state index is 11.7. The lowest BCUT2D eigenvalue weighted by Crippen LogP contribution is -2.07. The Hall–Kier alpha value is -2.37. The van der Waals surface area contributed by atoms with Crippen molar-refractivity contribution in [2.75, 3.05) is 12.3 Å². The number of carbonyl (C=O) groups excluding carboxylic acids is 1. The second-order valence-corrected chi connectivity index (χ2v) is 3.70. The fourth-order valence-corrected chi connectivity index (χ4v) is 1.58. The molecule has 0 fully saturated rings. The second kappa shape index (κ2) is 4.87. The van der Waals surface area contributed by atoms with Crippen LogP contribution in [0.2, 0.25) is 0 Å². The number of nitrogens with zero attached hydrogens (tertiary/aromatic N) is 3. The topological polar surface area (TPSA) is 83.0 Å². The Bertz CT molecular complexity index is 563. The van der Waals surface area contributed by atoms with Gasteiger partial charge in [-0.25, -0.2) is 9.48 Å². The van der Waals surface area contributed by atoms with Crippen LogP contribution in [-0.4, -0.2) is 27.3 Å². The third kappa shape index (κ3) is 2.04. The highest BCUT2D eigenvalue weighted by Crippen LogP contribution is 2.20. The van der Waals surface area contributed by atoms with Crippen LogP contribution in [0, 0.1) is 6.92 Å². The van der Waals surface area contributed by atoms with Crippen molar-refractivity contribution in [3.8, 4) is 5.69 Å². The molecule has 0 aliphatic carbocycles. The average Bonchev–Trinajstić information content (AvgIpc) is 2.68. The molecule has 0 aromatic carbocycles. The maximum atomic E-state index is 11.7. The largest absolute Gasteiger partial charge is 0.461 e. The van der Waals surface area contributed by atoms with Gasteiger partial charge in [0, 0.05) is 18.0 Å². The molecule has 0 saturated carbocycles. The Balaban J connectivity index is 2.46. The summed E-state index contributed by atoms with van der Waals surface area (Å²) in [7, 11) is 0. The quantitative estimate of drug-likeness (QED) is 0.826. The fraction of sp³-hybridized carbons (Fsp3) is 0.250. The van der Waals surface area contributed by atoms with Crippen molar-refractivity contribution >= 4 is 11.8 Å². The number of nitrogens with two attached hydrogens (primary N) is 1. The zero-order chi connectivity index (χ0) is 13.1. The summed E-state index contributed by atoms with van der Waals surface area (Å²) >= 11 is 0. The van der Waals surface area contributed by atoms with Crippen LogP contribution < -0.4 is 5.73 Å². The third-order valence-electron chi connectivity index (χ3n) is 2.54. The van der Waals surface area contributed by atoms with Crippen molar-refractivity contribution in [1.29, 1.82) is 0 Å². The van der Waals surface area contributed by atoms with Crippen molar-refractivity contribution in [2.24, 2.45) is 0 Å². The van der Waals surface area contributed by atoms with Crippen molar-refractivity contribution in [3.63, 3.8) is 0 Å². The first kappa shape index (κ1) is 12.1. The molecule has 6 heteroatoms. The van der Waals surface area contributed by atoms with Gasteiger partial charge in [-0.15, -0.1) is 0 Å². The maximum Gasteiger partial charge on any atom is 0.359 e. The van der Waals surface area contributed by atoms with Gasteiger partial charge in [0.25, 0.3) is 0 Å². The average molecular weight is 246 g/mol. The van der Waals surface area contributed by atoms with Crippen LogP contribution >= 0.6 is 0 Å². The van der Waals surface area contributed by atoms with E-state index < -0.39 is 5.97 Å². The fourth-order valence-electron chi connectivity index (χ4n) is 1.58. The van der Waals surface area contributed by atoms with Crippen LogP contribution in [0.4, 0.5) is 5.82 Å². The molecule has 2 heterocycles. The highest BCUT2D eigenvalue weighted by atomic mass is 16.5. The standard InChI is InChI=1S/C12H14N4O2/c1-3-18-12(17)10-8(2)11(13)16(15-10)9-4-6-14-7-5-9/h4-7H,3,13H2,1-2H3. The van der Waals surface area contributed by atoms with Gasteiger partial charge in [0.05, 0.1) is 12.3 Å². The normalized spacial score (nSPS) is 10.3. The Kier molecular flexibility index (Phi) is 3.27. The number of nitrogen functional groups attached to an aromatic ring is 1. The molecule has 2 aromatic rings. The van der Waals surface area contributed by atoms with Crippen LogP contribution in [0.25, 0.3) is 5.69 Å². The molecule has 0 aliphatic heterocycles. The van der Waals surface area contributed by atoms with Gasteiger partial charge in [0.1, 0.15) is 5.82 Å². The van der Waals surface area contributed by atoms with Crippen LogP contribution in [0.3, 0.4) is 0 Å². The predicted molar refractivity (Wildman–Crippen MR) is 66.5 cm³/mol. The minimum Gasteiger partial charge on any atom is -0.461 e. The molecule has 0 amide bonds. The van der Waals surface area contributed by atoms with Crippen LogP contribution in [0.15, 0.2) is 24.5 Å². The van der Waals surface area contributed by atoms with E-state index in [4.69, 9.17) is 10.5 Å². The van der Waals surface area contributed by atoms with Gasteiger partial charge < -0.3 is 10.5 Å². The first-order valence-electron chi connectivity index (χ1n) is 5.57. The third-order valence-corrected chi connectivity index (χ3v) is 2.54. The zero-order valence-corrected chi connectivity index (χ0v) is 10.3. The molecule has 0 saturated heterocycles. The molecule has 6 nitrogen and oxygen atoms in total. The number of rotatable bonds is 3. The van der Waals surface area contributed by atoms with E-state index in [0.29, 0.717) is 18.0 Å². The first-order chi connectivity index (χ1) is 8.65. The summed E-state index contributed by atoms with van der Waals surface area (Å²) in [5, 5.41) is 4.19. The van der Waals surface area contributed by atoms with E-state index in [-0.39, 0.29) is 5.69 Å². The minimum atomic E-state index is -0.463. The Morgan fingerprint density at radius 2 is 2.11 bits per heavy atom. The first-order valence-corrected chi connectivity index (χ1v) is 5.57. The molecule has 0 atom stereocenters. The predicted octanol–water partition coefficient (Wildman–Crippen LogP) is 1.33. The lowest BCUT2D eigenvalue weighted by Gasteiger charge is -2.02. The van der Waals surface area contributed by atoms with Crippen LogP contribution in [0.1, 0.15) is 23.0 Å². The summed E-state index contributed by atoms with van der Waals surface area (Å²) in [6.45, 7) is 3.79. The van der Waals surface area contributed by atoms with E-state index in [1.54, 1.807) is 38.4 Å². The van der Waals surface area contributed by atoms with Gasteiger partial charge in [-0.3, -0.25) is 4.98 Å². The van der Waals surface area contributed by atoms with Gasteiger partial charge >= 0.3 is 5.97 Å². The minimum absolute atomic E-state index is 0.242. The molecule has 2 aromatic heterocycles. The van der Waals surface area contributed by atoms with Crippen molar-refractivity contribution in [1.82, 2.24) is 14.8 Å². The molecule has 0 spiro atoms. The zero-order valence-electron chi connectivity index (χ0n) is 10.3. The van der Waals surface area contributed by atoms with Gasteiger partial charge in [-0.2, -0.15) is 5.10 Å². The highest BCUT2D eigenvalue weighted by Gasteiger charge is 2.19. The lowest BCUT2D eigenvalue weighted by molar-refractivity contribution is 0.0518. The molecule has 0 unspecified atom stereocenters. The molecular weight excluding hydrogens is 232 g/mol. The second-order valence-electron chi connectivity index (χ2n) is 3.70. The van der Waals surface area contributed by atoms with Gasteiger partial charge in [0.15, 0.2) is 5.69 Å². The number of aromatic nitrogens is 3. The summed E-state index contributed by atoms with van der Waals surface area (Å²) in [6.07, 6.45) is 3.27. The number of carbonyl (C=O) groups is 1. The van der Waals surface area contributed by atoms with Crippen molar-refractivity contribution < 1.29 is 9.53 Å². The summed E-state index contributed by atoms with van der Waals surface area (Å²) in [6, 6.07) is 3.52. The molecule has 2 rings (SSSR count). The van der Waals surface area contributed by atoms with Crippen LogP contribution in [0.5, 0.6) is 0 Å². The van der Waals surface area contributed by atoms with E-state index in [1.807, 2.05) is 0 Å². The summed E-state index contributed by atoms with van der Waals surface area (Å²) < 4.78 is 6.43. The van der Waals surface area contributed by atoms with E-state index >= 15 is 0 Å². The molecule has 18 heavy (non-hydrogen) atoms. The van der Waals surface area contributed by atoms with E-state index in [2.05, 4.69) is 10.1 Å². The summed E-state index contributed by atoms with van der Waals surface area (Å²) in [4.78, 5) is 15.6. The number of hydrogen-bond acceptors (Lipinski definition) is 5. The van der Waals surface area contributed by atoms with Gasteiger partial charge in [0.2, 0.25) is 0 Å². The SMILES string of the molecule is CCOC(=O)c1nn(-c2ccncc2)c(N)c1C. The molecule has 94 valence electrons. The van der Waals surface area contributed by atoms with E-state index in [1.165, 1.54) is 4.68 Å². The molecule has 0 aliphatic rings. The molecule has 0 bridgehead atoms. The Labute approximate surface area is 104 Å². The summed E-state index contributed by atoms with van der Waals surface area (Å²) in [5.41, 5.74) is 7.55. The number of pyridine rings is 1.